The quantitative estimate of drug-likeness (QED) is 0.651. The predicted molar refractivity (Wildman–Crippen MR) is 106 cm³/mol. The summed E-state index contributed by atoms with van der Waals surface area (Å²) in [4.78, 5) is 33.2. The molecule has 164 valence electrons. The topological polar surface area (TPSA) is 62.7 Å². The fourth-order valence-electron chi connectivity index (χ4n) is 3.73. The number of carbonyl (C=O) groups excluding carboxylic acids is 2. The molecule has 2 heterocycles. The van der Waals surface area contributed by atoms with Gasteiger partial charge in [-0.15, -0.1) is 13.2 Å². The number of anilines is 1. The Morgan fingerprint density at radius 2 is 1.71 bits per heavy atom. The van der Waals surface area contributed by atoms with Gasteiger partial charge in [0.05, 0.1) is 5.69 Å². The van der Waals surface area contributed by atoms with Crippen molar-refractivity contribution < 1.29 is 27.5 Å². The average molecular weight is 433 g/mol. The van der Waals surface area contributed by atoms with Crippen molar-refractivity contribution >= 4 is 17.6 Å². The lowest BCUT2D eigenvalue weighted by Crippen LogP contribution is -2.36. The first-order valence-electron chi connectivity index (χ1n) is 9.88. The van der Waals surface area contributed by atoms with Crippen LogP contribution in [0.3, 0.4) is 0 Å². The normalized spacial score (nSPS) is 18.1. The predicted octanol–water partition coefficient (Wildman–Crippen LogP) is 4.78. The number of benzene rings is 1. The second-order valence-electron chi connectivity index (χ2n) is 8.88. The van der Waals surface area contributed by atoms with Crippen molar-refractivity contribution in [3.63, 3.8) is 0 Å². The van der Waals surface area contributed by atoms with Gasteiger partial charge in [-0.1, -0.05) is 20.8 Å². The maximum absolute atomic E-state index is 13.2. The Kier molecular flexibility index (Phi) is 4.75. The van der Waals surface area contributed by atoms with Gasteiger partial charge in [0.1, 0.15) is 11.3 Å². The van der Waals surface area contributed by atoms with Crippen LogP contribution in [0.4, 0.5) is 23.7 Å². The van der Waals surface area contributed by atoms with E-state index in [9.17, 15) is 22.8 Å². The molecule has 6 nitrogen and oxygen atoms in total. The van der Waals surface area contributed by atoms with Gasteiger partial charge in [-0.2, -0.15) is 0 Å². The van der Waals surface area contributed by atoms with E-state index in [1.54, 1.807) is 11.1 Å². The van der Waals surface area contributed by atoms with Gasteiger partial charge >= 0.3 is 12.4 Å². The van der Waals surface area contributed by atoms with Gasteiger partial charge in [0.25, 0.3) is 5.91 Å². The first kappa shape index (κ1) is 21.1. The van der Waals surface area contributed by atoms with Crippen LogP contribution in [-0.4, -0.2) is 33.7 Å². The highest BCUT2D eigenvalue weighted by atomic mass is 19.4. The molecule has 1 saturated carbocycles. The molecule has 1 aromatic heterocycles. The van der Waals surface area contributed by atoms with Crippen molar-refractivity contribution in [3.05, 3.63) is 53.9 Å². The third kappa shape index (κ3) is 3.96. The molecule has 2 aromatic rings. The Bertz CT molecular complexity index is 1020. The van der Waals surface area contributed by atoms with Crippen LogP contribution in [0.5, 0.6) is 5.75 Å². The summed E-state index contributed by atoms with van der Waals surface area (Å²) in [5.74, 6) is -0.771. The molecule has 0 atom stereocenters. The molecule has 0 radical (unpaired) electrons. The zero-order chi connectivity index (χ0) is 22.6. The minimum atomic E-state index is -4.81. The molecule has 1 aromatic carbocycles. The molecule has 31 heavy (non-hydrogen) atoms. The van der Waals surface area contributed by atoms with Crippen molar-refractivity contribution in [1.29, 1.82) is 0 Å². The minimum Gasteiger partial charge on any atom is -0.406 e. The molecule has 9 heteroatoms. The number of rotatable bonds is 4. The molecule has 3 amide bonds. The molecule has 0 bridgehead atoms. The number of urea groups is 1. The first-order chi connectivity index (χ1) is 14.4. The van der Waals surface area contributed by atoms with Crippen molar-refractivity contribution in [1.82, 2.24) is 9.88 Å². The largest absolute Gasteiger partial charge is 0.573 e. The number of pyridine rings is 1. The lowest BCUT2D eigenvalue weighted by molar-refractivity contribution is -0.274. The second-order valence-corrected chi connectivity index (χ2v) is 8.88. The van der Waals surface area contributed by atoms with Crippen LogP contribution in [0, 0.1) is 0 Å². The molecule has 0 N–H and O–H groups in total. The van der Waals surface area contributed by atoms with Gasteiger partial charge < -0.3 is 9.64 Å². The number of imide groups is 1. The van der Waals surface area contributed by atoms with Gasteiger partial charge in [-0.3, -0.25) is 9.78 Å². The number of carbonyl (C=O) groups is 2. The fourth-order valence-corrected chi connectivity index (χ4v) is 3.73. The number of ether oxygens (including phenoxy) is 1. The number of hydrogen-bond acceptors (Lipinski definition) is 4. The van der Waals surface area contributed by atoms with Gasteiger partial charge in [-0.25, -0.2) is 9.69 Å². The summed E-state index contributed by atoms with van der Waals surface area (Å²) < 4.78 is 41.0. The molecule has 4 rings (SSSR count). The molecule has 0 unspecified atom stereocenters. The van der Waals surface area contributed by atoms with Crippen molar-refractivity contribution in [2.24, 2.45) is 0 Å². The lowest BCUT2D eigenvalue weighted by atomic mass is 9.91. The second kappa shape index (κ2) is 6.96. The zero-order valence-corrected chi connectivity index (χ0v) is 17.4. The Morgan fingerprint density at radius 1 is 1.06 bits per heavy atom. The molecule has 1 spiro atoms. The summed E-state index contributed by atoms with van der Waals surface area (Å²) in [6, 6.07) is 7.99. The molecular formula is C22H22F3N3O3. The van der Waals surface area contributed by atoms with E-state index in [2.05, 4.69) is 9.72 Å². The monoisotopic (exact) mass is 433 g/mol. The van der Waals surface area contributed by atoms with E-state index in [1.165, 1.54) is 12.1 Å². The van der Waals surface area contributed by atoms with Crippen LogP contribution in [-0.2, 0) is 16.8 Å². The number of nitrogens with zero attached hydrogens (tertiary/aromatic N) is 3. The van der Waals surface area contributed by atoms with E-state index >= 15 is 0 Å². The van der Waals surface area contributed by atoms with Gasteiger partial charge in [0.2, 0.25) is 0 Å². The van der Waals surface area contributed by atoms with E-state index in [0.29, 0.717) is 12.8 Å². The first-order valence-corrected chi connectivity index (χ1v) is 9.88. The highest BCUT2D eigenvalue weighted by Crippen LogP contribution is 2.49. The molecular weight excluding hydrogens is 411 g/mol. The Hall–Kier alpha value is -3.10. The summed E-state index contributed by atoms with van der Waals surface area (Å²) in [6.07, 6.45) is -2.01. The van der Waals surface area contributed by atoms with E-state index in [-0.39, 0.29) is 23.6 Å². The lowest BCUT2D eigenvalue weighted by Gasteiger charge is -2.23. The number of aromatic nitrogens is 1. The van der Waals surface area contributed by atoms with Crippen LogP contribution in [0.25, 0.3) is 0 Å². The zero-order valence-electron chi connectivity index (χ0n) is 17.4. The number of hydrogen-bond donors (Lipinski definition) is 0. The van der Waals surface area contributed by atoms with E-state index in [0.717, 1.165) is 28.3 Å². The van der Waals surface area contributed by atoms with Crippen molar-refractivity contribution in [3.8, 4) is 5.75 Å². The van der Waals surface area contributed by atoms with Crippen molar-refractivity contribution in [2.45, 2.75) is 57.5 Å². The van der Waals surface area contributed by atoms with Crippen LogP contribution >= 0.6 is 0 Å². The molecule has 2 aliphatic rings. The Morgan fingerprint density at radius 3 is 2.26 bits per heavy atom. The average Bonchev–Trinajstić information content (AvgIpc) is 3.44. The van der Waals surface area contributed by atoms with Crippen molar-refractivity contribution in [2.75, 3.05) is 4.90 Å². The summed E-state index contributed by atoms with van der Waals surface area (Å²) in [7, 11) is 0. The van der Waals surface area contributed by atoms with Crippen LogP contribution < -0.4 is 9.64 Å². The molecule has 1 aliphatic carbocycles. The third-order valence-electron chi connectivity index (χ3n) is 5.53. The van der Waals surface area contributed by atoms with Gasteiger partial charge in [0, 0.05) is 23.9 Å². The maximum atomic E-state index is 13.2. The molecule has 1 saturated heterocycles. The maximum Gasteiger partial charge on any atom is 0.573 e. The van der Waals surface area contributed by atoms with Crippen LogP contribution in [0.2, 0.25) is 0 Å². The number of halogens is 3. The Balaban J connectivity index is 1.59. The smallest absolute Gasteiger partial charge is 0.406 e. The van der Waals surface area contributed by atoms with E-state index in [4.69, 9.17) is 0 Å². The van der Waals surface area contributed by atoms with E-state index < -0.39 is 23.7 Å². The fraction of sp³-hybridized carbons (Fsp3) is 0.409. The number of amides is 3. The molecule has 1 aliphatic heterocycles. The van der Waals surface area contributed by atoms with Gasteiger partial charge in [-0.05, 0) is 54.8 Å². The Labute approximate surface area is 177 Å². The summed E-state index contributed by atoms with van der Waals surface area (Å²) >= 11 is 0. The molecule has 2 fully saturated rings. The SMILES string of the molecule is CC(C)(C)c1cc(CN2C(=O)N(c3ccc(OC(F)(F)F)cc3)C(=O)C23CC3)ccn1. The standard InChI is InChI=1S/C22H22F3N3O3/c1-20(2,3)17-12-14(8-11-26-17)13-27-19(30)28(18(29)21(27)9-10-21)15-4-6-16(7-5-15)31-22(23,24)25/h4-8,11-12H,9-10,13H2,1-3H3. The van der Waals surface area contributed by atoms with Gasteiger partial charge in [0.15, 0.2) is 0 Å². The van der Waals surface area contributed by atoms with Crippen LogP contribution in [0.15, 0.2) is 42.6 Å². The number of alkyl halides is 3. The highest BCUT2D eigenvalue weighted by Gasteiger charge is 2.65. The highest BCUT2D eigenvalue weighted by molar-refractivity contribution is 6.24. The summed E-state index contributed by atoms with van der Waals surface area (Å²) in [6.45, 7) is 6.38. The van der Waals surface area contributed by atoms with Crippen LogP contribution in [0.1, 0.15) is 44.9 Å². The minimum absolute atomic E-state index is 0.162. The van der Waals surface area contributed by atoms with E-state index in [1.807, 2.05) is 32.9 Å². The third-order valence-corrected chi connectivity index (χ3v) is 5.53. The summed E-state index contributed by atoms with van der Waals surface area (Å²) in [5.41, 5.74) is 0.907. The summed E-state index contributed by atoms with van der Waals surface area (Å²) in [5, 5.41) is 0.